The molecule has 0 bridgehead atoms. The van der Waals surface area contributed by atoms with Gasteiger partial charge in [-0.1, -0.05) is 24.3 Å². The van der Waals surface area contributed by atoms with Crippen molar-refractivity contribution in [3.8, 4) is 16.9 Å². The quantitative estimate of drug-likeness (QED) is 0.903. The van der Waals surface area contributed by atoms with Crippen LogP contribution in [-0.4, -0.2) is 12.6 Å². The fraction of sp³-hybridized carbons (Fsp3) is 0.333. The number of nitrogens with two attached hydrogens (primary N) is 1. The summed E-state index contributed by atoms with van der Waals surface area (Å²) in [5, 5.41) is 0. The third-order valence-electron chi connectivity index (χ3n) is 4.06. The second kappa shape index (κ2) is 4.95. The van der Waals surface area contributed by atoms with E-state index < -0.39 is 0 Å². The van der Waals surface area contributed by atoms with Gasteiger partial charge < -0.3 is 10.5 Å². The van der Waals surface area contributed by atoms with Crippen molar-refractivity contribution < 1.29 is 4.74 Å². The van der Waals surface area contributed by atoms with Crippen LogP contribution in [0.2, 0.25) is 0 Å². The summed E-state index contributed by atoms with van der Waals surface area (Å²) < 4.78 is 6.08. The second-order valence-corrected chi connectivity index (χ2v) is 5.75. The lowest BCUT2D eigenvalue weighted by Gasteiger charge is -2.15. The van der Waals surface area contributed by atoms with Gasteiger partial charge in [-0.25, -0.2) is 0 Å². The van der Waals surface area contributed by atoms with E-state index in [1.807, 2.05) is 0 Å². The van der Waals surface area contributed by atoms with Gasteiger partial charge in [-0.3, -0.25) is 0 Å². The van der Waals surface area contributed by atoms with Crippen LogP contribution in [0.25, 0.3) is 11.1 Å². The molecule has 0 aromatic heterocycles. The van der Waals surface area contributed by atoms with Crippen LogP contribution in [0.1, 0.15) is 22.3 Å². The molecule has 0 saturated carbocycles. The first-order chi connectivity index (χ1) is 9.60. The second-order valence-electron chi connectivity index (χ2n) is 5.75. The molecule has 1 atom stereocenters. The van der Waals surface area contributed by atoms with E-state index in [0.29, 0.717) is 6.54 Å². The minimum atomic E-state index is 0.120. The zero-order chi connectivity index (χ0) is 14.3. The van der Waals surface area contributed by atoms with Crippen molar-refractivity contribution in [1.82, 2.24) is 0 Å². The Kier molecular flexibility index (Phi) is 3.27. The summed E-state index contributed by atoms with van der Waals surface area (Å²) in [6.07, 6.45) is 1.04. The SMILES string of the molecule is Cc1cc2c(c(-c3c(C)cccc3C)c1)O[C@@H](CN)C2. The molecule has 2 heteroatoms. The van der Waals surface area contributed by atoms with Crippen molar-refractivity contribution in [3.63, 3.8) is 0 Å². The van der Waals surface area contributed by atoms with E-state index in [0.717, 1.165) is 12.2 Å². The molecule has 1 aliphatic heterocycles. The molecule has 1 heterocycles. The van der Waals surface area contributed by atoms with E-state index in [2.05, 4.69) is 51.1 Å². The summed E-state index contributed by atoms with van der Waals surface area (Å²) in [4.78, 5) is 0. The molecule has 1 aliphatic rings. The largest absolute Gasteiger partial charge is 0.488 e. The van der Waals surface area contributed by atoms with Crippen molar-refractivity contribution in [1.29, 1.82) is 0 Å². The summed E-state index contributed by atoms with van der Waals surface area (Å²) >= 11 is 0. The summed E-state index contributed by atoms with van der Waals surface area (Å²) in [6.45, 7) is 7.03. The number of benzene rings is 2. The van der Waals surface area contributed by atoms with Gasteiger partial charge in [0.1, 0.15) is 11.9 Å². The van der Waals surface area contributed by atoms with Crippen molar-refractivity contribution in [3.05, 3.63) is 52.6 Å². The normalized spacial score (nSPS) is 16.9. The predicted molar refractivity (Wildman–Crippen MR) is 83.3 cm³/mol. The maximum atomic E-state index is 6.08. The van der Waals surface area contributed by atoms with Gasteiger partial charge in [-0.05, 0) is 54.7 Å². The van der Waals surface area contributed by atoms with Gasteiger partial charge in [0.2, 0.25) is 0 Å². The first-order valence-corrected chi connectivity index (χ1v) is 7.17. The highest BCUT2D eigenvalue weighted by atomic mass is 16.5. The van der Waals surface area contributed by atoms with Crippen LogP contribution in [0.3, 0.4) is 0 Å². The number of hydrogen-bond acceptors (Lipinski definition) is 2. The van der Waals surface area contributed by atoms with Crippen molar-refractivity contribution in [2.24, 2.45) is 5.73 Å². The molecule has 0 radical (unpaired) electrons. The van der Waals surface area contributed by atoms with E-state index in [1.165, 1.54) is 33.4 Å². The van der Waals surface area contributed by atoms with Crippen LogP contribution < -0.4 is 10.5 Å². The number of hydrogen-bond donors (Lipinski definition) is 1. The molecular formula is C18H21NO. The lowest BCUT2D eigenvalue weighted by molar-refractivity contribution is 0.242. The Bertz CT molecular complexity index is 640. The van der Waals surface area contributed by atoms with Crippen LogP contribution in [0.15, 0.2) is 30.3 Å². The molecule has 0 spiro atoms. The molecule has 3 rings (SSSR count). The highest BCUT2D eigenvalue weighted by Crippen LogP contribution is 2.41. The molecule has 0 fully saturated rings. The van der Waals surface area contributed by atoms with Gasteiger partial charge in [0, 0.05) is 18.5 Å². The molecule has 0 amide bonds. The van der Waals surface area contributed by atoms with Crippen LogP contribution in [-0.2, 0) is 6.42 Å². The summed E-state index contributed by atoms with van der Waals surface area (Å²) in [6, 6.07) is 10.9. The molecule has 0 aliphatic carbocycles. The summed E-state index contributed by atoms with van der Waals surface area (Å²) in [5.74, 6) is 1.03. The van der Waals surface area contributed by atoms with E-state index in [-0.39, 0.29) is 6.10 Å². The Hall–Kier alpha value is -1.80. The monoisotopic (exact) mass is 267 g/mol. The fourth-order valence-electron chi connectivity index (χ4n) is 3.15. The number of rotatable bonds is 2. The molecule has 20 heavy (non-hydrogen) atoms. The van der Waals surface area contributed by atoms with Crippen LogP contribution in [0.4, 0.5) is 0 Å². The topological polar surface area (TPSA) is 35.2 Å². The van der Waals surface area contributed by atoms with Gasteiger partial charge in [0.15, 0.2) is 0 Å². The van der Waals surface area contributed by atoms with E-state index in [9.17, 15) is 0 Å². The summed E-state index contributed by atoms with van der Waals surface area (Å²) in [7, 11) is 0. The molecule has 104 valence electrons. The van der Waals surface area contributed by atoms with Crippen LogP contribution in [0.5, 0.6) is 5.75 Å². The predicted octanol–water partition coefficient (Wildman–Crippen LogP) is 3.54. The Morgan fingerprint density at radius 2 is 1.85 bits per heavy atom. The average molecular weight is 267 g/mol. The van der Waals surface area contributed by atoms with Gasteiger partial charge >= 0.3 is 0 Å². The molecule has 2 aromatic carbocycles. The highest BCUT2D eigenvalue weighted by molar-refractivity contribution is 5.78. The Balaban J connectivity index is 2.21. The highest BCUT2D eigenvalue weighted by Gasteiger charge is 2.26. The average Bonchev–Trinajstić information content (AvgIpc) is 2.81. The minimum absolute atomic E-state index is 0.120. The zero-order valence-corrected chi connectivity index (χ0v) is 12.4. The van der Waals surface area contributed by atoms with Crippen molar-refractivity contribution in [2.75, 3.05) is 6.54 Å². The van der Waals surface area contributed by atoms with Gasteiger partial charge in [-0.15, -0.1) is 0 Å². The minimum Gasteiger partial charge on any atom is -0.488 e. The zero-order valence-electron chi connectivity index (χ0n) is 12.4. The maximum absolute atomic E-state index is 6.08. The van der Waals surface area contributed by atoms with Crippen LogP contribution in [0, 0.1) is 20.8 Å². The van der Waals surface area contributed by atoms with Crippen molar-refractivity contribution >= 4 is 0 Å². The third-order valence-corrected chi connectivity index (χ3v) is 4.06. The molecular weight excluding hydrogens is 246 g/mol. The smallest absolute Gasteiger partial charge is 0.130 e. The fourth-order valence-corrected chi connectivity index (χ4v) is 3.15. The number of aryl methyl sites for hydroxylation is 3. The standard InChI is InChI=1S/C18H21NO/c1-11-7-14-9-15(10-19)20-18(14)16(8-11)17-12(2)5-4-6-13(17)3/h4-8,15H,9-10,19H2,1-3H3/t15-/m1/s1. The third kappa shape index (κ3) is 2.10. The van der Waals surface area contributed by atoms with Gasteiger partial charge in [0.25, 0.3) is 0 Å². The van der Waals surface area contributed by atoms with E-state index in [1.54, 1.807) is 0 Å². The lowest BCUT2D eigenvalue weighted by atomic mass is 9.92. The van der Waals surface area contributed by atoms with E-state index >= 15 is 0 Å². The molecule has 2 nitrogen and oxygen atoms in total. The van der Waals surface area contributed by atoms with Crippen molar-refractivity contribution in [2.45, 2.75) is 33.3 Å². The van der Waals surface area contributed by atoms with E-state index in [4.69, 9.17) is 10.5 Å². The summed E-state index contributed by atoms with van der Waals surface area (Å²) in [5.41, 5.74) is 13.4. The lowest BCUT2D eigenvalue weighted by Crippen LogP contribution is -2.24. The molecule has 0 unspecified atom stereocenters. The first kappa shape index (κ1) is 13.2. The van der Waals surface area contributed by atoms with Gasteiger partial charge in [-0.2, -0.15) is 0 Å². The van der Waals surface area contributed by atoms with Crippen LogP contribution >= 0.6 is 0 Å². The maximum Gasteiger partial charge on any atom is 0.130 e. The molecule has 2 aromatic rings. The number of ether oxygens (including phenoxy) is 1. The van der Waals surface area contributed by atoms with Gasteiger partial charge in [0.05, 0.1) is 0 Å². The molecule has 0 saturated heterocycles. The molecule has 2 N–H and O–H groups in total. The Morgan fingerprint density at radius 3 is 2.50 bits per heavy atom. The Labute approximate surface area is 120 Å². The Morgan fingerprint density at radius 1 is 1.15 bits per heavy atom. The first-order valence-electron chi connectivity index (χ1n) is 7.17. The number of fused-ring (bicyclic) bond motifs is 1.